The average molecular weight is 278 g/mol. The van der Waals surface area contributed by atoms with Crippen LogP contribution in [0.4, 0.5) is 0 Å². The Hall–Kier alpha value is -1.15. The van der Waals surface area contributed by atoms with Crippen LogP contribution < -0.4 is 5.32 Å². The molecule has 1 rings (SSSR count). The average Bonchev–Trinajstić information content (AvgIpc) is 2.74. The Kier molecular flexibility index (Phi) is 5.09. The Morgan fingerprint density at radius 3 is 2.67 bits per heavy atom. The van der Waals surface area contributed by atoms with Gasteiger partial charge >= 0.3 is 5.97 Å². The normalized spacial score (nSPS) is 20.7. The number of carbonyl (C=O) groups is 2. The molecule has 18 heavy (non-hydrogen) atoms. The molecule has 1 fully saturated rings. The quantitative estimate of drug-likeness (QED) is 0.657. The fraction of sp³-hybridized carbons (Fsp3) is 0.800. The van der Waals surface area contributed by atoms with Crippen LogP contribution in [0.15, 0.2) is 0 Å². The number of sulfonamides is 1. The van der Waals surface area contributed by atoms with Crippen molar-refractivity contribution < 1.29 is 22.7 Å². The van der Waals surface area contributed by atoms with Gasteiger partial charge in [-0.1, -0.05) is 0 Å². The van der Waals surface area contributed by atoms with E-state index in [0.29, 0.717) is 19.4 Å². The lowest BCUT2D eigenvalue weighted by atomic mass is 10.2. The van der Waals surface area contributed by atoms with Gasteiger partial charge in [0.2, 0.25) is 15.9 Å². The molecule has 0 aliphatic carbocycles. The predicted molar refractivity (Wildman–Crippen MR) is 64.2 cm³/mol. The first-order valence-corrected chi connectivity index (χ1v) is 7.61. The summed E-state index contributed by atoms with van der Waals surface area (Å²) in [6.07, 6.45) is 2.19. The van der Waals surface area contributed by atoms with E-state index in [-0.39, 0.29) is 13.2 Å². The molecule has 1 saturated heterocycles. The van der Waals surface area contributed by atoms with Crippen molar-refractivity contribution in [1.82, 2.24) is 9.62 Å². The van der Waals surface area contributed by atoms with Crippen LogP contribution in [0.2, 0.25) is 0 Å². The lowest BCUT2D eigenvalue weighted by Gasteiger charge is -2.20. The lowest BCUT2D eigenvalue weighted by Crippen LogP contribution is -2.46. The Bertz CT molecular complexity index is 420. The van der Waals surface area contributed by atoms with E-state index in [4.69, 9.17) is 0 Å². The summed E-state index contributed by atoms with van der Waals surface area (Å²) in [5.74, 6) is -0.985. The van der Waals surface area contributed by atoms with Gasteiger partial charge in [0, 0.05) is 6.54 Å². The van der Waals surface area contributed by atoms with Crippen LogP contribution in [0.5, 0.6) is 0 Å². The number of nitrogens with zero attached hydrogens (tertiary/aromatic N) is 1. The van der Waals surface area contributed by atoms with Gasteiger partial charge in [-0.25, -0.2) is 8.42 Å². The zero-order valence-electron chi connectivity index (χ0n) is 10.5. The second-order valence-electron chi connectivity index (χ2n) is 4.05. The molecule has 0 aromatic carbocycles. The summed E-state index contributed by atoms with van der Waals surface area (Å²) in [5.41, 5.74) is 0. The van der Waals surface area contributed by atoms with Gasteiger partial charge in [-0.05, 0) is 19.8 Å². The van der Waals surface area contributed by atoms with Gasteiger partial charge in [-0.3, -0.25) is 9.59 Å². The third-order valence-electron chi connectivity index (χ3n) is 2.64. The van der Waals surface area contributed by atoms with E-state index in [0.717, 1.165) is 10.6 Å². The van der Waals surface area contributed by atoms with Crippen LogP contribution in [0, 0.1) is 0 Å². The van der Waals surface area contributed by atoms with Gasteiger partial charge in [-0.2, -0.15) is 4.31 Å². The molecule has 104 valence electrons. The largest absolute Gasteiger partial charge is 0.465 e. The molecule has 0 aromatic heterocycles. The van der Waals surface area contributed by atoms with Crippen molar-refractivity contribution >= 4 is 21.9 Å². The molecule has 0 spiro atoms. The van der Waals surface area contributed by atoms with Gasteiger partial charge in [0.05, 0.1) is 12.9 Å². The summed E-state index contributed by atoms with van der Waals surface area (Å²) in [5, 5.41) is 2.39. The van der Waals surface area contributed by atoms with Crippen LogP contribution in [-0.2, 0) is 24.3 Å². The Labute approximate surface area is 107 Å². The summed E-state index contributed by atoms with van der Waals surface area (Å²) in [6, 6.07) is -0.713. The van der Waals surface area contributed by atoms with Crippen molar-refractivity contribution in [3.63, 3.8) is 0 Å². The molecule has 7 nitrogen and oxygen atoms in total. The number of nitrogens with one attached hydrogen (secondary N) is 1. The summed E-state index contributed by atoms with van der Waals surface area (Å²) >= 11 is 0. The van der Waals surface area contributed by atoms with E-state index in [1.54, 1.807) is 6.92 Å². The van der Waals surface area contributed by atoms with Crippen LogP contribution in [-0.4, -0.2) is 56.6 Å². The maximum absolute atomic E-state index is 11.8. The Balaban J connectivity index is 2.54. The van der Waals surface area contributed by atoms with Crippen LogP contribution in [0.1, 0.15) is 19.8 Å². The SMILES string of the molecule is CCOC(=O)CNC(=O)C1CCCN1S(C)(=O)=O. The summed E-state index contributed by atoms with van der Waals surface area (Å²) < 4.78 is 28.7. The maximum atomic E-state index is 11.8. The van der Waals surface area contributed by atoms with Crippen molar-refractivity contribution in [2.75, 3.05) is 26.0 Å². The van der Waals surface area contributed by atoms with Gasteiger partial charge in [0.15, 0.2) is 0 Å². The highest BCUT2D eigenvalue weighted by molar-refractivity contribution is 7.88. The zero-order chi connectivity index (χ0) is 13.8. The fourth-order valence-corrected chi connectivity index (χ4v) is 3.01. The molecule has 1 heterocycles. The highest BCUT2D eigenvalue weighted by Gasteiger charge is 2.36. The predicted octanol–water partition coefficient (Wildman–Crippen LogP) is -0.910. The molecule has 1 amide bonds. The number of esters is 1. The first kappa shape index (κ1) is 14.9. The van der Waals surface area contributed by atoms with E-state index in [1.165, 1.54) is 0 Å². The first-order chi connectivity index (χ1) is 8.36. The number of hydrogen-bond acceptors (Lipinski definition) is 5. The maximum Gasteiger partial charge on any atom is 0.325 e. The van der Waals surface area contributed by atoms with Gasteiger partial charge in [-0.15, -0.1) is 0 Å². The van der Waals surface area contributed by atoms with Crippen LogP contribution in [0.25, 0.3) is 0 Å². The van der Waals surface area contributed by atoms with Crippen molar-refractivity contribution in [3.05, 3.63) is 0 Å². The van der Waals surface area contributed by atoms with Gasteiger partial charge < -0.3 is 10.1 Å². The van der Waals surface area contributed by atoms with Crippen LogP contribution in [0.3, 0.4) is 0 Å². The highest BCUT2D eigenvalue weighted by atomic mass is 32.2. The number of amides is 1. The van der Waals surface area contributed by atoms with E-state index < -0.39 is 27.9 Å². The molecule has 8 heteroatoms. The van der Waals surface area contributed by atoms with E-state index in [2.05, 4.69) is 10.1 Å². The third-order valence-corrected chi connectivity index (χ3v) is 3.93. The van der Waals surface area contributed by atoms with Crippen LogP contribution >= 0.6 is 0 Å². The van der Waals surface area contributed by atoms with E-state index in [1.807, 2.05) is 0 Å². The Morgan fingerprint density at radius 2 is 2.11 bits per heavy atom. The fourth-order valence-electron chi connectivity index (χ4n) is 1.89. The molecule has 0 saturated carbocycles. The molecular formula is C10H18N2O5S. The number of hydrogen-bond donors (Lipinski definition) is 1. The van der Waals surface area contributed by atoms with Gasteiger partial charge in [0.1, 0.15) is 12.6 Å². The summed E-state index contributed by atoms with van der Waals surface area (Å²) in [4.78, 5) is 22.9. The van der Waals surface area contributed by atoms with E-state index in [9.17, 15) is 18.0 Å². The van der Waals surface area contributed by atoms with Gasteiger partial charge in [0.25, 0.3) is 0 Å². The second-order valence-corrected chi connectivity index (χ2v) is 5.99. The number of ether oxygens (including phenoxy) is 1. The lowest BCUT2D eigenvalue weighted by molar-refractivity contribution is -0.143. The molecule has 1 N–H and O–H groups in total. The van der Waals surface area contributed by atoms with Crippen molar-refractivity contribution in [2.24, 2.45) is 0 Å². The molecule has 1 atom stereocenters. The molecular weight excluding hydrogens is 260 g/mol. The van der Waals surface area contributed by atoms with Crippen molar-refractivity contribution in [3.8, 4) is 0 Å². The smallest absolute Gasteiger partial charge is 0.325 e. The zero-order valence-corrected chi connectivity index (χ0v) is 11.3. The monoisotopic (exact) mass is 278 g/mol. The minimum atomic E-state index is -3.39. The van der Waals surface area contributed by atoms with Crippen molar-refractivity contribution in [1.29, 1.82) is 0 Å². The standard InChI is InChI=1S/C10H18N2O5S/c1-3-17-9(13)7-11-10(14)8-5-4-6-12(8)18(2,15)16/h8H,3-7H2,1-2H3,(H,11,14). The summed E-state index contributed by atoms with van der Waals surface area (Å²) in [6.45, 7) is 2.02. The van der Waals surface area contributed by atoms with Crippen molar-refractivity contribution in [2.45, 2.75) is 25.8 Å². The minimum absolute atomic E-state index is 0.235. The minimum Gasteiger partial charge on any atom is -0.465 e. The molecule has 0 bridgehead atoms. The topological polar surface area (TPSA) is 92.8 Å². The molecule has 0 radical (unpaired) electrons. The highest BCUT2D eigenvalue weighted by Crippen LogP contribution is 2.20. The molecule has 1 aliphatic rings. The first-order valence-electron chi connectivity index (χ1n) is 5.76. The third kappa shape index (κ3) is 3.95. The molecule has 1 aliphatic heterocycles. The van der Waals surface area contributed by atoms with E-state index >= 15 is 0 Å². The molecule has 0 aromatic rings. The Morgan fingerprint density at radius 1 is 1.44 bits per heavy atom. The number of rotatable bonds is 5. The second kappa shape index (κ2) is 6.14. The molecule has 1 unspecified atom stereocenters. The number of carbonyl (C=O) groups excluding carboxylic acids is 2. The summed E-state index contributed by atoms with van der Waals surface area (Å²) in [7, 11) is -3.39.